The molecule has 0 aliphatic carbocycles. The zero-order chi connectivity index (χ0) is 14.0. The molecule has 6 heteroatoms. The number of thiophene rings is 1. The topological polar surface area (TPSA) is 83.6 Å². The molecule has 19 heavy (non-hydrogen) atoms. The third kappa shape index (κ3) is 2.79. The maximum atomic E-state index is 12.4. The molecule has 0 radical (unpaired) electrons. The maximum absolute atomic E-state index is 12.4. The minimum Gasteiger partial charge on any atom is -0.480 e. The molecule has 3 atom stereocenters. The fourth-order valence-corrected chi connectivity index (χ4v) is 3.30. The number of rotatable bonds is 3. The van der Waals surface area contributed by atoms with E-state index in [-0.39, 0.29) is 11.8 Å². The highest BCUT2D eigenvalue weighted by atomic mass is 32.1. The van der Waals surface area contributed by atoms with Crippen LogP contribution in [0.4, 0.5) is 0 Å². The fourth-order valence-electron chi connectivity index (χ4n) is 2.58. The highest BCUT2D eigenvalue weighted by Gasteiger charge is 2.38. The van der Waals surface area contributed by atoms with E-state index in [4.69, 9.17) is 5.73 Å². The Morgan fingerprint density at radius 3 is 2.89 bits per heavy atom. The summed E-state index contributed by atoms with van der Waals surface area (Å²) in [4.78, 5) is 26.0. The van der Waals surface area contributed by atoms with Gasteiger partial charge in [0.05, 0.1) is 0 Å². The summed E-state index contributed by atoms with van der Waals surface area (Å²) in [5, 5.41) is 11.2. The summed E-state index contributed by atoms with van der Waals surface area (Å²) in [6.45, 7) is 2.34. The van der Waals surface area contributed by atoms with Gasteiger partial charge in [-0.25, -0.2) is 4.79 Å². The smallest absolute Gasteiger partial charge is 0.326 e. The SMILES string of the molecule is CC1CCCN(C(=O)C(N)c2cccs2)C1C(=O)O. The molecule has 3 unspecified atom stereocenters. The van der Waals surface area contributed by atoms with E-state index < -0.39 is 18.1 Å². The van der Waals surface area contributed by atoms with Crippen molar-refractivity contribution in [3.05, 3.63) is 22.4 Å². The number of amides is 1. The van der Waals surface area contributed by atoms with Crippen molar-refractivity contribution in [1.29, 1.82) is 0 Å². The van der Waals surface area contributed by atoms with Gasteiger partial charge in [-0.05, 0) is 30.2 Å². The third-order valence-electron chi connectivity index (χ3n) is 3.59. The molecule has 1 saturated heterocycles. The summed E-state index contributed by atoms with van der Waals surface area (Å²) in [5.74, 6) is -1.27. The molecular weight excluding hydrogens is 264 g/mol. The van der Waals surface area contributed by atoms with E-state index in [9.17, 15) is 14.7 Å². The zero-order valence-corrected chi connectivity index (χ0v) is 11.6. The van der Waals surface area contributed by atoms with Crippen molar-refractivity contribution in [2.24, 2.45) is 11.7 Å². The van der Waals surface area contributed by atoms with Crippen molar-refractivity contribution in [3.8, 4) is 0 Å². The van der Waals surface area contributed by atoms with Gasteiger partial charge in [-0.3, -0.25) is 4.79 Å². The minimum atomic E-state index is -0.945. The van der Waals surface area contributed by atoms with Crippen molar-refractivity contribution >= 4 is 23.2 Å². The lowest BCUT2D eigenvalue weighted by Gasteiger charge is -2.38. The predicted octanol–water partition coefficient (Wildman–Crippen LogP) is 1.46. The van der Waals surface area contributed by atoms with Crippen molar-refractivity contribution in [2.75, 3.05) is 6.54 Å². The van der Waals surface area contributed by atoms with E-state index in [1.54, 1.807) is 6.07 Å². The van der Waals surface area contributed by atoms with Crippen molar-refractivity contribution in [3.63, 3.8) is 0 Å². The van der Waals surface area contributed by atoms with Crippen LogP contribution in [0.15, 0.2) is 17.5 Å². The number of piperidine rings is 1. The van der Waals surface area contributed by atoms with Crippen LogP contribution >= 0.6 is 11.3 Å². The molecule has 1 fully saturated rings. The highest BCUT2D eigenvalue weighted by molar-refractivity contribution is 7.10. The Kier molecular flexibility index (Phi) is 4.21. The van der Waals surface area contributed by atoms with Crippen molar-refractivity contribution < 1.29 is 14.7 Å². The number of carboxylic acid groups (broad SMARTS) is 1. The molecule has 1 amide bonds. The molecule has 1 aromatic rings. The second-order valence-electron chi connectivity index (χ2n) is 4.93. The van der Waals surface area contributed by atoms with Gasteiger partial charge in [0.2, 0.25) is 5.91 Å². The Labute approximate surface area is 116 Å². The van der Waals surface area contributed by atoms with Crippen LogP contribution in [0.3, 0.4) is 0 Å². The third-order valence-corrected chi connectivity index (χ3v) is 4.54. The lowest BCUT2D eigenvalue weighted by Crippen LogP contribution is -2.54. The van der Waals surface area contributed by atoms with Crippen LogP contribution in [0.5, 0.6) is 0 Å². The monoisotopic (exact) mass is 282 g/mol. The number of carboxylic acids is 1. The molecule has 0 bridgehead atoms. The van der Waals surface area contributed by atoms with Gasteiger partial charge < -0.3 is 15.7 Å². The largest absolute Gasteiger partial charge is 0.480 e. The van der Waals surface area contributed by atoms with E-state index in [0.717, 1.165) is 17.7 Å². The Morgan fingerprint density at radius 2 is 2.32 bits per heavy atom. The number of likely N-dealkylation sites (tertiary alicyclic amines) is 1. The molecule has 0 spiro atoms. The summed E-state index contributed by atoms with van der Waals surface area (Å²) >= 11 is 1.41. The van der Waals surface area contributed by atoms with Crippen molar-refractivity contribution in [1.82, 2.24) is 4.90 Å². The van der Waals surface area contributed by atoms with Crippen LogP contribution in [-0.4, -0.2) is 34.5 Å². The van der Waals surface area contributed by atoms with E-state index in [2.05, 4.69) is 0 Å². The Bertz CT molecular complexity index is 460. The lowest BCUT2D eigenvalue weighted by atomic mass is 9.90. The molecule has 2 heterocycles. The average Bonchev–Trinajstić information content (AvgIpc) is 2.90. The first-order valence-electron chi connectivity index (χ1n) is 6.34. The first-order chi connectivity index (χ1) is 9.02. The number of nitrogens with two attached hydrogens (primary N) is 1. The first kappa shape index (κ1) is 14.0. The van der Waals surface area contributed by atoms with Gasteiger partial charge >= 0.3 is 5.97 Å². The van der Waals surface area contributed by atoms with Gasteiger partial charge in [0.25, 0.3) is 0 Å². The number of hydrogen-bond donors (Lipinski definition) is 2. The van der Waals surface area contributed by atoms with E-state index >= 15 is 0 Å². The summed E-state index contributed by atoms with van der Waals surface area (Å²) < 4.78 is 0. The molecule has 1 aliphatic heterocycles. The molecule has 1 aromatic heterocycles. The zero-order valence-electron chi connectivity index (χ0n) is 10.8. The standard InChI is InChI=1S/C13H18N2O3S/c1-8-4-2-6-15(11(8)13(17)18)12(16)10(14)9-5-3-7-19-9/h3,5,7-8,10-11H,2,4,6,14H2,1H3,(H,17,18). The molecule has 0 aromatic carbocycles. The number of hydrogen-bond acceptors (Lipinski definition) is 4. The Morgan fingerprint density at radius 1 is 1.58 bits per heavy atom. The molecule has 0 saturated carbocycles. The number of nitrogens with zero attached hydrogens (tertiary/aromatic N) is 1. The van der Waals surface area contributed by atoms with Crippen LogP contribution in [0.25, 0.3) is 0 Å². The first-order valence-corrected chi connectivity index (χ1v) is 7.22. The number of carbonyl (C=O) groups is 2. The van der Waals surface area contributed by atoms with Gasteiger partial charge in [-0.2, -0.15) is 0 Å². The second kappa shape index (κ2) is 5.71. The predicted molar refractivity (Wildman–Crippen MR) is 72.8 cm³/mol. The summed E-state index contributed by atoms with van der Waals surface area (Å²) in [7, 11) is 0. The normalized spacial score (nSPS) is 25.1. The van der Waals surface area contributed by atoms with Crippen molar-refractivity contribution in [2.45, 2.75) is 31.8 Å². The lowest BCUT2D eigenvalue weighted by molar-refractivity contribution is -0.155. The Balaban J connectivity index is 2.18. The van der Waals surface area contributed by atoms with E-state index in [1.807, 2.05) is 18.4 Å². The van der Waals surface area contributed by atoms with Gasteiger partial charge in [0.15, 0.2) is 0 Å². The van der Waals surface area contributed by atoms with Crippen LogP contribution in [0.1, 0.15) is 30.7 Å². The van der Waals surface area contributed by atoms with Crippen LogP contribution in [0, 0.1) is 5.92 Å². The summed E-state index contributed by atoms with van der Waals surface area (Å²) in [6, 6.07) is 2.12. The van der Waals surface area contributed by atoms with E-state index in [0.29, 0.717) is 6.54 Å². The summed E-state index contributed by atoms with van der Waals surface area (Å²) in [6.07, 6.45) is 1.66. The van der Waals surface area contributed by atoms with Crippen LogP contribution in [0.2, 0.25) is 0 Å². The molecule has 104 valence electrons. The molecular formula is C13H18N2O3S. The van der Waals surface area contributed by atoms with Gasteiger partial charge in [-0.1, -0.05) is 13.0 Å². The van der Waals surface area contributed by atoms with E-state index in [1.165, 1.54) is 16.2 Å². The Hall–Kier alpha value is -1.40. The second-order valence-corrected chi connectivity index (χ2v) is 5.91. The fraction of sp³-hybridized carbons (Fsp3) is 0.538. The highest BCUT2D eigenvalue weighted by Crippen LogP contribution is 2.27. The summed E-state index contributed by atoms with van der Waals surface area (Å²) in [5.41, 5.74) is 5.95. The molecule has 1 aliphatic rings. The quantitative estimate of drug-likeness (QED) is 0.879. The van der Waals surface area contributed by atoms with Crippen LogP contribution < -0.4 is 5.73 Å². The molecule has 5 nitrogen and oxygen atoms in total. The number of aliphatic carboxylic acids is 1. The van der Waals surface area contributed by atoms with Gasteiger partial charge in [0.1, 0.15) is 12.1 Å². The maximum Gasteiger partial charge on any atom is 0.326 e. The average molecular weight is 282 g/mol. The van der Waals surface area contributed by atoms with Gasteiger partial charge in [-0.15, -0.1) is 11.3 Å². The number of carbonyl (C=O) groups excluding carboxylic acids is 1. The molecule has 2 rings (SSSR count). The van der Waals surface area contributed by atoms with Gasteiger partial charge in [0, 0.05) is 11.4 Å². The van der Waals surface area contributed by atoms with Crippen LogP contribution in [-0.2, 0) is 9.59 Å². The molecule has 3 N–H and O–H groups in total. The minimum absolute atomic E-state index is 0.0364.